The first kappa shape index (κ1) is 21.0. The minimum atomic E-state index is -0.308. The number of anilines is 1. The van der Waals surface area contributed by atoms with Gasteiger partial charge in [-0.25, -0.2) is 9.18 Å². The number of benzene rings is 2. The van der Waals surface area contributed by atoms with Gasteiger partial charge in [0.1, 0.15) is 5.82 Å². The molecule has 162 valence electrons. The standard InChI is InChI=1S/C24H27FN4O2/c1-17(2)15-29-16-21(18-7-3-4-8-19(18)23(29)30)26-24(31)28-13-11-27(12-14-28)22-10-6-5-9-20(22)25/h3-10,17H,11-16H2,1-2H3. The van der Waals surface area contributed by atoms with Gasteiger partial charge >= 0.3 is 6.03 Å². The van der Waals surface area contributed by atoms with Crippen LogP contribution in [0.5, 0.6) is 0 Å². The van der Waals surface area contributed by atoms with Gasteiger partial charge in [-0.1, -0.05) is 44.2 Å². The van der Waals surface area contributed by atoms with Gasteiger partial charge in [0.25, 0.3) is 5.91 Å². The Balaban J connectivity index is 1.50. The Morgan fingerprint density at radius 1 is 1.00 bits per heavy atom. The van der Waals surface area contributed by atoms with E-state index in [0.29, 0.717) is 62.1 Å². The molecule has 31 heavy (non-hydrogen) atoms. The number of nitrogens with zero attached hydrogens (tertiary/aromatic N) is 4. The Labute approximate surface area is 182 Å². The van der Waals surface area contributed by atoms with Crippen molar-refractivity contribution >= 4 is 23.3 Å². The normalized spacial score (nSPS) is 18.0. The maximum atomic E-state index is 14.1. The maximum Gasteiger partial charge on any atom is 0.343 e. The first-order chi connectivity index (χ1) is 14.9. The van der Waals surface area contributed by atoms with E-state index in [4.69, 9.17) is 0 Å². The number of hydrogen-bond donors (Lipinski definition) is 0. The zero-order chi connectivity index (χ0) is 22.0. The van der Waals surface area contributed by atoms with Crippen molar-refractivity contribution < 1.29 is 14.0 Å². The average Bonchev–Trinajstić information content (AvgIpc) is 2.77. The second-order valence-electron chi connectivity index (χ2n) is 8.39. The summed E-state index contributed by atoms with van der Waals surface area (Å²) in [5, 5.41) is 0. The third kappa shape index (κ3) is 4.45. The first-order valence-corrected chi connectivity index (χ1v) is 10.7. The predicted octanol–water partition coefficient (Wildman–Crippen LogP) is 3.67. The van der Waals surface area contributed by atoms with Crippen LogP contribution in [-0.2, 0) is 0 Å². The van der Waals surface area contributed by atoms with Crippen molar-refractivity contribution in [2.75, 3.05) is 44.2 Å². The van der Waals surface area contributed by atoms with Gasteiger partial charge in [0.2, 0.25) is 0 Å². The van der Waals surface area contributed by atoms with Gasteiger partial charge in [0.05, 0.1) is 17.9 Å². The molecule has 2 aromatic rings. The third-order valence-corrected chi connectivity index (χ3v) is 5.66. The van der Waals surface area contributed by atoms with E-state index < -0.39 is 0 Å². The minimum Gasteiger partial charge on any atom is -0.366 e. The zero-order valence-corrected chi connectivity index (χ0v) is 17.9. The largest absolute Gasteiger partial charge is 0.366 e. The van der Waals surface area contributed by atoms with Crippen LogP contribution >= 0.6 is 0 Å². The van der Waals surface area contributed by atoms with Crippen LogP contribution in [0.4, 0.5) is 14.9 Å². The molecular weight excluding hydrogens is 395 g/mol. The molecule has 2 aliphatic rings. The summed E-state index contributed by atoms with van der Waals surface area (Å²) in [7, 11) is 0. The van der Waals surface area contributed by atoms with E-state index in [9.17, 15) is 14.0 Å². The molecule has 2 aromatic carbocycles. The van der Waals surface area contributed by atoms with Gasteiger partial charge in [0.15, 0.2) is 0 Å². The van der Waals surface area contributed by atoms with Crippen molar-refractivity contribution in [3.05, 3.63) is 65.5 Å². The van der Waals surface area contributed by atoms with Gasteiger partial charge in [0, 0.05) is 43.9 Å². The van der Waals surface area contributed by atoms with Crippen LogP contribution in [0.2, 0.25) is 0 Å². The maximum absolute atomic E-state index is 14.1. The highest BCUT2D eigenvalue weighted by molar-refractivity contribution is 6.18. The number of rotatable bonds is 3. The monoisotopic (exact) mass is 422 g/mol. The Bertz CT molecular complexity index is 1010. The lowest BCUT2D eigenvalue weighted by atomic mass is 9.96. The average molecular weight is 423 g/mol. The summed E-state index contributed by atoms with van der Waals surface area (Å²) in [5.74, 6) is 0.0445. The van der Waals surface area contributed by atoms with Gasteiger partial charge in [-0.05, 0) is 24.1 Å². The fourth-order valence-electron chi connectivity index (χ4n) is 4.15. The second-order valence-corrected chi connectivity index (χ2v) is 8.39. The van der Waals surface area contributed by atoms with Crippen molar-refractivity contribution in [3.63, 3.8) is 0 Å². The molecule has 7 heteroatoms. The number of fused-ring (bicyclic) bond motifs is 1. The molecule has 0 unspecified atom stereocenters. The van der Waals surface area contributed by atoms with Crippen LogP contribution in [0.25, 0.3) is 0 Å². The summed E-state index contributed by atoms with van der Waals surface area (Å²) in [5.41, 5.74) is 2.50. The number of urea groups is 1. The van der Waals surface area contributed by atoms with Crippen molar-refractivity contribution in [1.29, 1.82) is 0 Å². The molecule has 2 aliphatic heterocycles. The molecule has 2 heterocycles. The van der Waals surface area contributed by atoms with Crippen LogP contribution in [0.15, 0.2) is 53.5 Å². The summed E-state index contributed by atoms with van der Waals surface area (Å²) in [6.45, 7) is 7.10. The first-order valence-electron chi connectivity index (χ1n) is 10.7. The number of hydrogen-bond acceptors (Lipinski definition) is 3. The summed E-state index contributed by atoms with van der Waals surface area (Å²) in [6.07, 6.45) is 0. The van der Waals surface area contributed by atoms with E-state index in [1.165, 1.54) is 6.07 Å². The molecule has 0 aromatic heterocycles. The zero-order valence-electron chi connectivity index (χ0n) is 17.9. The van der Waals surface area contributed by atoms with Gasteiger partial charge < -0.3 is 14.7 Å². The minimum absolute atomic E-state index is 0.0193. The van der Waals surface area contributed by atoms with E-state index in [1.807, 2.05) is 29.2 Å². The van der Waals surface area contributed by atoms with Crippen LogP contribution in [0, 0.1) is 11.7 Å². The molecule has 0 bridgehead atoms. The number of carbonyl (C=O) groups is 2. The van der Waals surface area contributed by atoms with E-state index >= 15 is 0 Å². The Morgan fingerprint density at radius 2 is 1.65 bits per heavy atom. The van der Waals surface area contributed by atoms with Gasteiger partial charge in [-0.2, -0.15) is 4.99 Å². The van der Waals surface area contributed by atoms with E-state index in [0.717, 1.165) is 5.56 Å². The molecule has 0 radical (unpaired) electrons. The Hall–Kier alpha value is -3.22. The molecule has 1 saturated heterocycles. The van der Waals surface area contributed by atoms with Gasteiger partial charge in [-0.3, -0.25) is 4.79 Å². The van der Waals surface area contributed by atoms with E-state index in [2.05, 4.69) is 18.8 Å². The molecule has 0 spiro atoms. The van der Waals surface area contributed by atoms with Crippen LogP contribution < -0.4 is 4.90 Å². The molecule has 0 aliphatic carbocycles. The lowest BCUT2D eigenvalue weighted by molar-refractivity contribution is 0.0755. The SMILES string of the molecule is CC(C)CN1CC(=NC(=O)N2CCN(c3ccccc3F)CC2)c2ccccc2C1=O. The van der Waals surface area contributed by atoms with E-state index in [-0.39, 0.29) is 17.8 Å². The molecule has 0 saturated carbocycles. The molecule has 0 atom stereocenters. The third-order valence-electron chi connectivity index (χ3n) is 5.66. The number of halogens is 1. The summed E-state index contributed by atoms with van der Waals surface area (Å²) >= 11 is 0. The number of carbonyl (C=O) groups excluding carboxylic acids is 2. The second kappa shape index (κ2) is 8.88. The molecule has 0 N–H and O–H groups in total. The number of piperazine rings is 1. The van der Waals surface area contributed by atoms with Crippen molar-refractivity contribution in [2.45, 2.75) is 13.8 Å². The summed E-state index contributed by atoms with van der Waals surface area (Å²) in [6, 6.07) is 13.7. The van der Waals surface area contributed by atoms with Gasteiger partial charge in [-0.15, -0.1) is 0 Å². The lowest BCUT2D eigenvalue weighted by Crippen LogP contribution is -2.49. The number of para-hydroxylation sites is 1. The molecule has 3 amide bonds. The quantitative estimate of drug-likeness (QED) is 0.759. The highest BCUT2D eigenvalue weighted by Crippen LogP contribution is 2.22. The number of aliphatic imine (C=N–C) groups is 1. The lowest BCUT2D eigenvalue weighted by Gasteiger charge is -2.35. The fraction of sp³-hybridized carbons (Fsp3) is 0.375. The van der Waals surface area contributed by atoms with Crippen LogP contribution in [-0.4, -0.2) is 66.7 Å². The molecular formula is C24H27FN4O2. The highest BCUT2D eigenvalue weighted by Gasteiger charge is 2.30. The summed E-state index contributed by atoms with van der Waals surface area (Å²) < 4.78 is 14.1. The van der Waals surface area contributed by atoms with Crippen LogP contribution in [0.3, 0.4) is 0 Å². The highest BCUT2D eigenvalue weighted by atomic mass is 19.1. The van der Waals surface area contributed by atoms with Crippen molar-refractivity contribution in [2.24, 2.45) is 10.9 Å². The van der Waals surface area contributed by atoms with Crippen molar-refractivity contribution in [1.82, 2.24) is 9.80 Å². The fourth-order valence-corrected chi connectivity index (χ4v) is 4.15. The van der Waals surface area contributed by atoms with Crippen LogP contribution in [0.1, 0.15) is 29.8 Å². The molecule has 1 fully saturated rings. The topological polar surface area (TPSA) is 56.2 Å². The Morgan fingerprint density at radius 3 is 2.32 bits per heavy atom. The van der Waals surface area contributed by atoms with Crippen molar-refractivity contribution in [3.8, 4) is 0 Å². The molecule has 6 nitrogen and oxygen atoms in total. The summed E-state index contributed by atoms with van der Waals surface area (Å²) in [4.78, 5) is 35.6. The van der Waals surface area contributed by atoms with E-state index in [1.54, 1.807) is 28.0 Å². The Kier molecular flexibility index (Phi) is 6.02. The smallest absolute Gasteiger partial charge is 0.343 e. The molecule has 4 rings (SSSR count). The number of amides is 3. The predicted molar refractivity (Wildman–Crippen MR) is 119 cm³/mol.